The van der Waals surface area contributed by atoms with Gasteiger partial charge in [0.1, 0.15) is 0 Å². The van der Waals surface area contributed by atoms with Crippen molar-refractivity contribution in [2.45, 2.75) is 51.2 Å². The van der Waals surface area contributed by atoms with Crippen molar-refractivity contribution in [3.05, 3.63) is 53.9 Å². The Morgan fingerprint density at radius 1 is 1.26 bits per heavy atom. The van der Waals surface area contributed by atoms with E-state index in [1.165, 1.54) is 24.8 Å². The average Bonchev–Trinajstić information content (AvgIpc) is 3.28. The van der Waals surface area contributed by atoms with Crippen molar-refractivity contribution in [1.82, 2.24) is 20.0 Å². The summed E-state index contributed by atoms with van der Waals surface area (Å²) in [5.41, 5.74) is 2.37. The zero-order chi connectivity index (χ0) is 18.8. The predicted molar refractivity (Wildman–Crippen MR) is 106 cm³/mol. The van der Waals surface area contributed by atoms with Gasteiger partial charge < -0.3 is 10.2 Å². The number of carbonyl (C=O) groups is 1. The topological polar surface area (TPSA) is 50.2 Å². The van der Waals surface area contributed by atoms with Crippen molar-refractivity contribution in [3.63, 3.8) is 0 Å². The molecule has 27 heavy (non-hydrogen) atoms. The Morgan fingerprint density at radius 3 is 2.78 bits per heavy atom. The maximum absolute atomic E-state index is 12.4. The molecular weight excluding hydrogens is 336 g/mol. The second-order valence-corrected chi connectivity index (χ2v) is 8.36. The van der Waals surface area contributed by atoms with Gasteiger partial charge in [0.15, 0.2) is 0 Å². The third kappa shape index (κ3) is 4.41. The quantitative estimate of drug-likeness (QED) is 0.780. The first-order chi connectivity index (χ1) is 13.1. The molecule has 1 aromatic heterocycles. The highest BCUT2D eigenvalue weighted by Gasteiger charge is 2.39. The molecule has 3 atom stereocenters. The molecule has 2 aromatic rings. The lowest BCUT2D eigenvalue weighted by atomic mass is 9.95. The maximum atomic E-state index is 12.4. The van der Waals surface area contributed by atoms with Crippen molar-refractivity contribution >= 4 is 5.91 Å². The first kappa shape index (κ1) is 18.2. The van der Waals surface area contributed by atoms with E-state index in [9.17, 15) is 4.79 Å². The van der Waals surface area contributed by atoms with E-state index in [0.717, 1.165) is 24.6 Å². The molecule has 1 unspecified atom stereocenters. The summed E-state index contributed by atoms with van der Waals surface area (Å²) in [6, 6.07) is 11.0. The van der Waals surface area contributed by atoms with E-state index in [1.807, 2.05) is 41.0 Å². The molecule has 1 saturated carbocycles. The lowest BCUT2D eigenvalue weighted by Gasteiger charge is -2.25. The molecule has 2 aliphatic rings. The molecule has 2 fully saturated rings. The largest absolute Gasteiger partial charge is 0.338 e. The van der Waals surface area contributed by atoms with Gasteiger partial charge in [-0.05, 0) is 24.8 Å². The van der Waals surface area contributed by atoms with Crippen molar-refractivity contribution < 1.29 is 4.79 Å². The molecule has 144 valence electrons. The molecule has 0 radical (unpaired) electrons. The molecule has 1 aromatic carbocycles. The van der Waals surface area contributed by atoms with Crippen LogP contribution in [0.4, 0.5) is 0 Å². The van der Waals surface area contributed by atoms with Gasteiger partial charge >= 0.3 is 0 Å². The normalized spacial score (nSPS) is 23.8. The number of nitrogens with zero attached hydrogens (tertiary/aromatic N) is 3. The predicted octanol–water partition coefficient (Wildman–Crippen LogP) is 3.23. The Balaban J connectivity index is 1.42. The van der Waals surface area contributed by atoms with E-state index >= 15 is 0 Å². The number of hydrogen-bond donors (Lipinski definition) is 1. The van der Waals surface area contributed by atoms with Crippen LogP contribution in [0.2, 0.25) is 0 Å². The van der Waals surface area contributed by atoms with Crippen LogP contribution in [0.15, 0.2) is 42.7 Å². The molecule has 1 saturated heterocycles. The number of amides is 1. The van der Waals surface area contributed by atoms with Gasteiger partial charge in [0.2, 0.25) is 5.91 Å². The molecule has 5 nitrogen and oxygen atoms in total. The van der Waals surface area contributed by atoms with Crippen LogP contribution in [0.5, 0.6) is 0 Å². The van der Waals surface area contributed by atoms with Crippen LogP contribution in [0.1, 0.15) is 49.8 Å². The number of rotatable bonds is 8. The van der Waals surface area contributed by atoms with Gasteiger partial charge in [0.05, 0.1) is 18.8 Å². The monoisotopic (exact) mass is 366 g/mol. The summed E-state index contributed by atoms with van der Waals surface area (Å²) in [7, 11) is 1.93. The van der Waals surface area contributed by atoms with Gasteiger partial charge in [-0.25, -0.2) is 0 Å². The van der Waals surface area contributed by atoms with E-state index in [0.29, 0.717) is 18.4 Å². The molecule has 1 amide bonds. The summed E-state index contributed by atoms with van der Waals surface area (Å²) in [4.78, 5) is 14.3. The second-order valence-electron chi connectivity index (χ2n) is 8.36. The highest BCUT2D eigenvalue weighted by atomic mass is 16.2. The molecule has 1 N–H and O–H groups in total. The van der Waals surface area contributed by atoms with E-state index < -0.39 is 0 Å². The first-order valence-electron chi connectivity index (χ1n) is 10.2. The highest BCUT2D eigenvalue weighted by molar-refractivity contribution is 5.79. The van der Waals surface area contributed by atoms with E-state index in [-0.39, 0.29) is 11.9 Å². The van der Waals surface area contributed by atoms with Gasteiger partial charge in [-0.2, -0.15) is 5.10 Å². The van der Waals surface area contributed by atoms with E-state index in [4.69, 9.17) is 0 Å². The fourth-order valence-corrected chi connectivity index (χ4v) is 4.31. The Morgan fingerprint density at radius 2 is 2.04 bits per heavy atom. The molecule has 5 heteroatoms. The zero-order valence-corrected chi connectivity index (χ0v) is 16.3. The third-order valence-corrected chi connectivity index (χ3v) is 5.99. The summed E-state index contributed by atoms with van der Waals surface area (Å²) in [5.74, 6) is 1.46. The fourth-order valence-electron chi connectivity index (χ4n) is 4.31. The molecule has 4 rings (SSSR count). The fraction of sp³-hybridized carbons (Fsp3) is 0.545. The SMILES string of the molecule is CC(CC1CC1)NC[C@@H]1CC(=O)N(C)[C@H]1c1cnn(Cc2ccccc2)c1. The first-order valence-corrected chi connectivity index (χ1v) is 10.2. The van der Waals surface area contributed by atoms with Gasteiger partial charge in [-0.15, -0.1) is 0 Å². The van der Waals surface area contributed by atoms with E-state index in [1.54, 1.807) is 0 Å². The Hall–Kier alpha value is -2.14. The number of aromatic nitrogens is 2. The minimum atomic E-state index is 0.114. The average molecular weight is 367 g/mol. The summed E-state index contributed by atoms with van der Waals surface area (Å²) in [6.07, 6.45) is 8.70. The van der Waals surface area contributed by atoms with Crippen LogP contribution < -0.4 is 5.32 Å². The summed E-state index contributed by atoms with van der Waals surface area (Å²) in [5, 5.41) is 8.23. The van der Waals surface area contributed by atoms with Crippen LogP contribution in [0, 0.1) is 11.8 Å². The van der Waals surface area contributed by atoms with Crippen molar-refractivity contribution in [2.24, 2.45) is 11.8 Å². The highest BCUT2D eigenvalue weighted by Crippen LogP contribution is 2.37. The number of nitrogens with one attached hydrogen (secondary N) is 1. The van der Waals surface area contributed by atoms with Crippen molar-refractivity contribution in [2.75, 3.05) is 13.6 Å². The van der Waals surface area contributed by atoms with Gasteiger partial charge in [-0.1, -0.05) is 43.2 Å². The van der Waals surface area contributed by atoms with E-state index in [2.05, 4.69) is 35.7 Å². The Bertz CT molecular complexity index is 768. The smallest absolute Gasteiger partial charge is 0.223 e. The summed E-state index contributed by atoms with van der Waals surface area (Å²) < 4.78 is 1.97. The number of hydrogen-bond acceptors (Lipinski definition) is 3. The summed E-state index contributed by atoms with van der Waals surface area (Å²) >= 11 is 0. The summed E-state index contributed by atoms with van der Waals surface area (Å²) in [6.45, 7) is 3.91. The van der Waals surface area contributed by atoms with Crippen LogP contribution in [0.3, 0.4) is 0 Å². The number of likely N-dealkylation sites (tertiary alicyclic amines) is 1. The zero-order valence-electron chi connectivity index (χ0n) is 16.3. The van der Waals surface area contributed by atoms with Crippen LogP contribution in [-0.2, 0) is 11.3 Å². The number of benzene rings is 1. The molecule has 0 bridgehead atoms. The van der Waals surface area contributed by atoms with Crippen LogP contribution >= 0.6 is 0 Å². The molecule has 2 heterocycles. The molecule has 1 aliphatic heterocycles. The molecular formula is C22H30N4O. The second kappa shape index (κ2) is 7.85. The third-order valence-electron chi connectivity index (χ3n) is 5.99. The lowest BCUT2D eigenvalue weighted by molar-refractivity contribution is -0.127. The van der Waals surface area contributed by atoms with Crippen molar-refractivity contribution in [3.8, 4) is 0 Å². The minimum Gasteiger partial charge on any atom is -0.338 e. The number of carbonyl (C=O) groups excluding carboxylic acids is 1. The molecule has 0 spiro atoms. The molecule has 1 aliphatic carbocycles. The Kier molecular flexibility index (Phi) is 5.30. The van der Waals surface area contributed by atoms with Gasteiger partial charge in [0, 0.05) is 43.7 Å². The standard InChI is InChI=1S/C22H30N4O/c1-16(10-17-8-9-17)23-12-19-11-21(27)25(2)22(19)20-13-24-26(15-20)14-18-6-4-3-5-7-18/h3-7,13,15-17,19,22-23H,8-12,14H2,1-2H3/t16?,19-,22+/m0/s1. The van der Waals surface area contributed by atoms with Crippen molar-refractivity contribution in [1.29, 1.82) is 0 Å². The Labute approximate surface area is 161 Å². The lowest BCUT2D eigenvalue weighted by Crippen LogP contribution is -2.34. The van der Waals surface area contributed by atoms with Crippen LogP contribution in [-0.4, -0.2) is 40.2 Å². The van der Waals surface area contributed by atoms with Gasteiger partial charge in [-0.3, -0.25) is 9.48 Å². The van der Waals surface area contributed by atoms with Gasteiger partial charge in [0.25, 0.3) is 0 Å². The maximum Gasteiger partial charge on any atom is 0.223 e. The minimum absolute atomic E-state index is 0.114. The van der Waals surface area contributed by atoms with Crippen LogP contribution in [0.25, 0.3) is 0 Å².